The molecular weight excluding hydrogens is 180 g/mol. The van der Waals surface area contributed by atoms with Gasteiger partial charge in [-0.2, -0.15) is 0 Å². The van der Waals surface area contributed by atoms with Crippen molar-refractivity contribution in [1.82, 2.24) is 0 Å². The van der Waals surface area contributed by atoms with E-state index in [0.29, 0.717) is 12.8 Å². The minimum absolute atomic E-state index is 0.0592. The molecule has 0 radical (unpaired) electrons. The minimum Gasteiger partial charge on any atom is -0.455 e. The van der Waals surface area contributed by atoms with Crippen molar-refractivity contribution in [2.24, 2.45) is 0 Å². The smallest absolute Gasteiger partial charge is 0.303 e. The van der Waals surface area contributed by atoms with Crippen molar-refractivity contribution in [1.29, 1.82) is 0 Å². The Morgan fingerprint density at radius 3 is 2.29 bits per heavy atom. The molecule has 3 nitrogen and oxygen atoms in total. The van der Waals surface area contributed by atoms with Gasteiger partial charge in [0.1, 0.15) is 0 Å². The summed E-state index contributed by atoms with van der Waals surface area (Å²) < 4.78 is 4.96. The van der Waals surface area contributed by atoms with Crippen molar-refractivity contribution in [3.8, 4) is 0 Å². The van der Waals surface area contributed by atoms with Crippen LogP contribution in [-0.2, 0) is 14.3 Å². The molecule has 1 atom stereocenters. The topological polar surface area (TPSA) is 43.4 Å². The van der Waals surface area contributed by atoms with Crippen LogP contribution in [0.25, 0.3) is 0 Å². The summed E-state index contributed by atoms with van der Waals surface area (Å²) in [5, 5.41) is 0. The van der Waals surface area contributed by atoms with Gasteiger partial charge in [0.2, 0.25) is 0 Å². The Labute approximate surface area is 85.8 Å². The van der Waals surface area contributed by atoms with Gasteiger partial charge < -0.3 is 4.74 Å². The van der Waals surface area contributed by atoms with Crippen LogP contribution in [0.2, 0.25) is 0 Å². The number of unbranched alkanes of at least 4 members (excludes halogenated alkanes) is 1. The molecule has 82 valence electrons. The Hall–Kier alpha value is -0.860. The lowest BCUT2D eigenvalue weighted by Crippen LogP contribution is -2.26. The van der Waals surface area contributed by atoms with Gasteiger partial charge in [-0.3, -0.25) is 9.59 Å². The van der Waals surface area contributed by atoms with E-state index in [2.05, 4.69) is 0 Å². The number of Topliss-reactive ketones (excluding diaryl/α,β-unsaturated/α-hetero) is 1. The average molecular weight is 200 g/mol. The lowest BCUT2D eigenvalue weighted by Gasteiger charge is -2.14. The van der Waals surface area contributed by atoms with Crippen LogP contribution in [0.4, 0.5) is 0 Å². The van der Waals surface area contributed by atoms with E-state index in [1.54, 1.807) is 0 Å². The molecule has 0 spiro atoms. The number of carbonyl (C=O) groups excluding carboxylic acids is 2. The van der Waals surface area contributed by atoms with Crippen molar-refractivity contribution in [3.63, 3.8) is 0 Å². The molecule has 0 aromatic heterocycles. The van der Waals surface area contributed by atoms with Crippen LogP contribution in [0.5, 0.6) is 0 Å². The summed E-state index contributed by atoms with van der Waals surface area (Å²) in [7, 11) is 0. The molecule has 0 aliphatic heterocycles. The van der Waals surface area contributed by atoms with Crippen molar-refractivity contribution < 1.29 is 14.3 Å². The second-order valence-corrected chi connectivity index (χ2v) is 3.46. The van der Waals surface area contributed by atoms with Crippen LogP contribution in [0.1, 0.15) is 52.9 Å². The average Bonchev–Trinajstić information content (AvgIpc) is 2.13. The monoisotopic (exact) mass is 200 g/mol. The van der Waals surface area contributed by atoms with E-state index < -0.39 is 6.10 Å². The number of hydrogen-bond donors (Lipinski definition) is 0. The third-order valence-corrected chi connectivity index (χ3v) is 1.99. The summed E-state index contributed by atoms with van der Waals surface area (Å²) in [4.78, 5) is 22.3. The fraction of sp³-hybridized carbons (Fsp3) is 0.818. The van der Waals surface area contributed by atoms with Crippen molar-refractivity contribution in [3.05, 3.63) is 0 Å². The van der Waals surface area contributed by atoms with Crippen LogP contribution < -0.4 is 0 Å². The van der Waals surface area contributed by atoms with Gasteiger partial charge in [0.05, 0.1) is 0 Å². The maximum absolute atomic E-state index is 11.6. The molecule has 0 aliphatic rings. The highest BCUT2D eigenvalue weighted by Crippen LogP contribution is 2.08. The van der Waals surface area contributed by atoms with Crippen LogP contribution in [0.3, 0.4) is 0 Å². The largest absolute Gasteiger partial charge is 0.455 e. The highest BCUT2D eigenvalue weighted by Gasteiger charge is 2.19. The number of hydrogen-bond acceptors (Lipinski definition) is 3. The molecule has 0 N–H and O–H groups in total. The molecule has 0 rings (SSSR count). The van der Waals surface area contributed by atoms with Gasteiger partial charge in [-0.15, -0.1) is 0 Å². The van der Waals surface area contributed by atoms with Crippen molar-refractivity contribution >= 4 is 11.8 Å². The number of esters is 1. The zero-order valence-electron chi connectivity index (χ0n) is 9.34. The molecule has 14 heavy (non-hydrogen) atoms. The SMILES string of the molecule is CCCCC(=O)C(CCC)OC(C)=O. The van der Waals surface area contributed by atoms with Gasteiger partial charge in [-0.25, -0.2) is 0 Å². The fourth-order valence-corrected chi connectivity index (χ4v) is 1.26. The Morgan fingerprint density at radius 1 is 1.21 bits per heavy atom. The lowest BCUT2D eigenvalue weighted by molar-refractivity contribution is -0.153. The summed E-state index contributed by atoms with van der Waals surface area (Å²) in [6.07, 6.45) is 3.38. The van der Waals surface area contributed by atoms with Gasteiger partial charge in [0.15, 0.2) is 11.9 Å². The summed E-state index contributed by atoms with van der Waals surface area (Å²) in [6, 6.07) is 0. The summed E-state index contributed by atoms with van der Waals surface area (Å²) in [6.45, 7) is 5.35. The third-order valence-electron chi connectivity index (χ3n) is 1.99. The summed E-state index contributed by atoms with van der Waals surface area (Å²) in [5.74, 6) is -0.308. The van der Waals surface area contributed by atoms with Crippen LogP contribution in [0.15, 0.2) is 0 Å². The first-order chi connectivity index (χ1) is 6.61. The van der Waals surface area contributed by atoms with E-state index >= 15 is 0 Å². The molecule has 0 saturated heterocycles. The first-order valence-corrected chi connectivity index (χ1v) is 5.31. The Balaban J connectivity index is 4.03. The number of carbonyl (C=O) groups is 2. The van der Waals surface area contributed by atoms with E-state index in [9.17, 15) is 9.59 Å². The van der Waals surface area contributed by atoms with E-state index in [1.807, 2.05) is 13.8 Å². The molecular formula is C11H20O3. The Bertz CT molecular complexity index is 187. The van der Waals surface area contributed by atoms with Crippen molar-refractivity contribution in [2.45, 2.75) is 59.0 Å². The Morgan fingerprint density at radius 2 is 1.86 bits per heavy atom. The Kier molecular flexibility index (Phi) is 7.07. The molecule has 0 amide bonds. The van der Waals surface area contributed by atoms with Gasteiger partial charge in [0.25, 0.3) is 0 Å². The molecule has 1 unspecified atom stereocenters. The number of ether oxygens (including phenoxy) is 1. The van der Waals surface area contributed by atoms with Gasteiger partial charge in [0, 0.05) is 13.3 Å². The fourth-order valence-electron chi connectivity index (χ4n) is 1.26. The van der Waals surface area contributed by atoms with E-state index in [0.717, 1.165) is 19.3 Å². The number of rotatable bonds is 7. The predicted molar refractivity (Wildman–Crippen MR) is 55.0 cm³/mol. The zero-order valence-corrected chi connectivity index (χ0v) is 9.34. The minimum atomic E-state index is -0.510. The van der Waals surface area contributed by atoms with E-state index in [-0.39, 0.29) is 11.8 Å². The highest BCUT2D eigenvalue weighted by molar-refractivity contribution is 5.85. The maximum atomic E-state index is 11.6. The first kappa shape index (κ1) is 13.1. The van der Waals surface area contributed by atoms with Crippen LogP contribution in [-0.4, -0.2) is 17.9 Å². The maximum Gasteiger partial charge on any atom is 0.303 e. The molecule has 0 fully saturated rings. The normalized spacial score (nSPS) is 12.2. The third kappa shape index (κ3) is 5.73. The summed E-state index contributed by atoms with van der Waals surface area (Å²) in [5.41, 5.74) is 0. The second-order valence-electron chi connectivity index (χ2n) is 3.46. The van der Waals surface area contributed by atoms with E-state index in [4.69, 9.17) is 4.74 Å². The molecule has 0 bridgehead atoms. The highest BCUT2D eigenvalue weighted by atomic mass is 16.5. The van der Waals surface area contributed by atoms with Gasteiger partial charge in [-0.05, 0) is 12.8 Å². The molecule has 3 heteroatoms. The van der Waals surface area contributed by atoms with Gasteiger partial charge in [-0.1, -0.05) is 26.7 Å². The molecule has 0 aliphatic carbocycles. The zero-order chi connectivity index (χ0) is 11.0. The van der Waals surface area contributed by atoms with Crippen LogP contribution in [0, 0.1) is 0 Å². The van der Waals surface area contributed by atoms with Crippen LogP contribution >= 0.6 is 0 Å². The van der Waals surface area contributed by atoms with Gasteiger partial charge >= 0.3 is 5.97 Å². The lowest BCUT2D eigenvalue weighted by atomic mass is 10.1. The van der Waals surface area contributed by atoms with Crippen molar-refractivity contribution in [2.75, 3.05) is 0 Å². The molecule has 0 saturated carbocycles. The van der Waals surface area contributed by atoms with E-state index in [1.165, 1.54) is 6.92 Å². The number of ketones is 1. The predicted octanol–water partition coefficient (Wildman–Crippen LogP) is 2.48. The second kappa shape index (κ2) is 7.54. The summed E-state index contributed by atoms with van der Waals surface area (Å²) >= 11 is 0. The first-order valence-electron chi connectivity index (χ1n) is 5.31. The quantitative estimate of drug-likeness (QED) is 0.593. The molecule has 0 aromatic carbocycles. The standard InChI is InChI=1S/C11H20O3/c1-4-6-8-10(13)11(7-5-2)14-9(3)12/h11H,4-8H2,1-3H3. The molecule has 0 aromatic rings. The molecule has 0 heterocycles.